The number of nitrogens with zero attached hydrogens (tertiary/aromatic N) is 2. The number of nitrogens with two attached hydrogens (primary N) is 1. The van der Waals surface area contributed by atoms with Crippen LogP contribution in [0.25, 0.3) is 0 Å². The Kier molecular flexibility index (Phi) is 2.22. The summed E-state index contributed by atoms with van der Waals surface area (Å²) < 4.78 is 1.93. The van der Waals surface area contributed by atoms with Crippen molar-refractivity contribution < 1.29 is 0 Å². The van der Waals surface area contributed by atoms with E-state index in [1.807, 2.05) is 4.68 Å². The monoisotopic (exact) mass is 180 g/mol. The average Bonchev–Trinajstić information content (AvgIpc) is 2.46. The lowest BCUT2D eigenvalue weighted by Gasteiger charge is -2.10. The van der Waals surface area contributed by atoms with Crippen LogP contribution in [0.2, 0.25) is 0 Å². The molecule has 1 aliphatic rings. The number of rotatable bonds is 2. The van der Waals surface area contributed by atoms with E-state index in [2.05, 4.69) is 17.3 Å². The highest BCUT2D eigenvalue weighted by Crippen LogP contribution is 2.19. The summed E-state index contributed by atoms with van der Waals surface area (Å²) in [5, 5.41) is 7.80. The normalized spacial score (nSPS) is 15.8. The zero-order valence-electron chi connectivity index (χ0n) is 8.01. The van der Waals surface area contributed by atoms with Crippen LogP contribution < -0.4 is 11.1 Å². The van der Waals surface area contributed by atoms with Crippen LogP contribution in [0.15, 0.2) is 0 Å². The highest BCUT2D eigenvalue weighted by atomic mass is 15.3. The van der Waals surface area contributed by atoms with E-state index in [9.17, 15) is 0 Å². The molecule has 0 aromatic carbocycles. The maximum absolute atomic E-state index is 5.97. The third kappa shape index (κ3) is 1.42. The standard InChI is InChI=1S/C9H16N4/c1-2-5-13-9(10)7-6-11-4-3-8(7)12-13/h11H,2-6,10H2,1H3. The minimum Gasteiger partial charge on any atom is -0.384 e. The molecule has 2 heterocycles. The lowest BCUT2D eigenvalue weighted by Crippen LogP contribution is -2.23. The summed E-state index contributed by atoms with van der Waals surface area (Å²) in [7, 11) is 0. The van der Waals surface area contributed by atoms with Gasteiger partial charge in [0.2, 0.25) is 0 Å². The van der Waals surface area contributed by atoms with E-state index in [1.54, 1.807) is 0 Å². The number of hydrogen-bond donors (Lipinski definition) is 2. The van der Waals surface area contributed by atoms with Crippen molar-refractivity contribution in [1.82, 2.24) is 15.1 Å². The number of aromatic nitrogens is 2. The molecule has 1 aromatic rings. The van der Waals surface area contributed by atoms with E-state index in [4.69, 9.17) is 5.73 Å². The summed E-state index contributed by atoms with van der Waals surface area (Å²) in [4.78, 5) is 0. The van der Waals surface area contributed by atoms with E-state index in [-0.39, 0.29) is 0 Å². The van der Waals surface area contributed by atoms with Gasteiger partial charge in [-0.2, -0.15) is 5.10 Å². The molecule has 4 heteroatoms. The molecule has 0 spiro atoms. The van der Waals surface area contributed by atoms with Crippen LogP contribution in [0, 0.1) is 0 Å². The molecular formula is C9H16N4. The molecule has 72 valence electrons. The lowest BCUT2D eigenvalue weighted by atomic mass is 10.1. The van der Waals surface area contributed by atoms with Gasteiger partial charge in [0, 0.05) is 31.6 Å². The zero-order chi connectivity index (χ0) is 9.26. The van der Waals surface area contributed by atoms with Crippen molar-refractivity contribution in [2.75, 3.05) is 12.3 Å². The van der Waals surface area contributed by atoms with Crippen molar-refractivity contribution in [2.45, 2.75) is 32.9 Å². The molecule has 0 saturated heterocycles. The molecule has 3 N–H and O–H groups in total. The molecular weight excluding hydrogens is 164 g/mol. The van der Waals surface area contributed by atoms with Gasteiger partial charge in [0.1, 0.15) is 5.82 Å². The summed E-state index contributed by atoms with van der Waals surface area (Å²) in [6.45, 7) is 4.97. The van der Waals surface area contributed by atoms with Gasteiger partial charge in [0.15, 0.2) is 0 Å². The number of aryl methyl sites for hydroxylation is 1. The van der Waals surface area contributed by atoms with Crippen LogP contribution in [0.1, 0.15) is 24.6 Å². The summed E-state index contributed by atoms with van der Waals surface area (Å²) in [6.07, 6.45) is 2.09. The first-order chi connectivity index (χ1) is 6.33. The van der Waals surface area contributed by atoms with Gasteiger partial charge in [-0.15, -0.1) is 0 Å². The van der Waals surface area contributed by atoms with Gasteiger partial charge in [-0.25, -0.2) is 4.68 Å². The largest absolute Gasteiger partial charge is 0.384 e. The summed E-state index contributed by atoms with van der Waals surface area (Å²) in [5.41, 5.74) is 8.36. The van der Waals surface area contributed by atoms with Gasteiger partial charge in [-0.05, 0) is 6.42 Å². The van der Waals surface area contributed by atoms with Gasteiger partial charge < -0.3 is 11.1 Å². The summed E-state index contributed by atoms with van der Waals surface area (Å²) >= 11 is 0. The van der Waals surface area contributed by atoms with Crippen LogP contribution in [0.4, 0.5) is 5.82 Å². The van der Waals surface area contributed by atoms with Crippen molar-refractivity contribution in [3.63, 3.8) is 0 Å². The summed E-state index contributed by atoms with van der Waals surface area (Å²) in [5.74, 6) is 0.851. The number of nitrogen functional groups attached to an aromatic ring is 1. The smallest absolute Gasteiger partial charge is 0.126 e. The minimum absolute atomic E-state index is 0.851. The highest BCUT2D eigenvalue weighted by Gasteiger charge is 2.17. The Bertz CT molecular complexity index is 303. The Morgan fingerprint density at radius 2 is 2.46 bits per heavy atom. The van der Waals surface area contributed by atoms with E-state index in [0.29, 0.717) is 0 Å². The molecule has 0 atom stereocenters. The van der Waals surface area contributed by atoms with E-state index >= 15 is 0 Å². The highest BCUT2D eigenvalue weighted by molar-refractivity contribution is 5.44. The SMILES string of the molecule is CCCn1nc2c(c1N)CNCC2. The summed E-state index contributed by atoms with van der Waals surface area (Å²) in [6, 6.07) is 0. The number of anilines is 1. The van der Waals surface area contributed by atoms with Crippen molar-refractivity contribution in [2.24, 2.45) is 0 Å². The second-order valence-electron chi connectivity index (χ2n) is 3.46. The number of hydrogen-bond acceptors (Lipinski definition) is 3. The van der Waals surface area contributed by atoms with Crippen molar-refractivity contribution >= 4 is 5.82 Å². The van der Waals surface area contributed by atoms with Crippen molar-refractivity contribution in [3.8, 4) is 0 Å². The first-order valence-electron chi connectivity index (χ1n) is 4.87. The van der Waals surface area contributed by atoms with Crippen molar-refractivity contribution in [3.05, 3.63) is 11.3 Å². The molecule has 0 radical (unpaired) electrons. The maximum Gasteiger partial charge on any atom is 0.126 e. The lowest BCUT2D eigenvalue weighted by molar-refractivity contribution is 0.593. The molecule has 1 aromatic heterocycles. The van der Waals surface area contributed by atoms with Gasteiger partial charge in [-0.3, -0.25) is 0 Å². The molecule has 4 nitrogen and oxygen atoms in total. The van der Waals surface area contributed by atoms with Crippen LogP contribution in [0.5, 0.6) is 0 Å². The predicted octanol–water partition coefficient (Wildman–Crippen LogP) is 0.521. The molecule has 0 amide bonds. The number of fused-ring (bicyclic) bond motifs is 1. The molecule has 0 saturated carbocycles. The van der Waals surface area contributed by atoms with Crippen molar-refractivity contribution in [1.29, 1.82) is 0 Å². The quantitative estimate of drug-likeness (QED) is 0.697. The molecule has 0 bridgehead atoms. The number of nitrogens with one attached hydrogen (secondary N) is 1. The predicted molar refractivity (Wildman–Crippen MR) is 52.3 cm³/mol. The second-order valence-corrected chi connectivity index (χ2v) is 3.46. The van der Waals surface area contributed by atoms with E-state index in [0.717, 1.165) is 38.3 Å². The molecule has 2 rings (SSSR count). The van der Waals surface area contributed by atoms with Gasteiger partial charge in [0.05, 0.1) is 5.69 Å². The molecule has 0 unspecified atom stereocenters. The molecule has 13 heavy (non-hydrogen) atoms. The van der Waals surface area contributed by atoms with E-state index in [1.165, 1.54) is 11.3 Å². The molecule has 1 aliphatic heterocycles. The van der Waals surface area contributed by atoms with E-state index < -0.39 is 0 Å². The fraction of sp³-hybridized carbons (Fsp3) is 0.667. The fourth-order valence-corrected chi connectivity index (χ4v) is 1.76. The second kappa shape index (κ2) is 3.38. The third-order valence-electron chi connectivity index (χ3n) is 2.45. The van der Waals surface area contributed by atoms with Crippen LogP contribution in [-0.4, -0.2) is 16.3 Å². The Morgan fingerprint density at radius 3 is 3.15 bits per heavy atom. The molecule has 0 aliphatic carbocycles. The fourth-order valence-electron chi connectivity index (χ4n) is 1.76. The van der Waals surface area contributed by atoms with Crippen LogP contribution in [0.3, 0.4) is 0 Å². The Labute approximate surface area is 78.1 Å². The Hall–Kier alpha value is -1.03. The van der Waals surface area contributed by atoms with Crippen LogP contribution >= 0.6 is 0 Å². The Balaban J connectivity index is 2.33. The molecule has 0 fully saturated rings. The topological polar surface area (TPSA) is 55.9 Å². The minimum atomic E-state index is 0.851. The van der Waals surface area contributed by atoms with Gasteiger partial charge in [-0.1, -0.05) is 6.92 Å². The third-order valence-corrected chi connectivity index (χ3v) is 2.45. The zero-order valence-corrected chi connectivity index (χ0v) is 8.01. The van der Waals surface area contributed by atoms with Gasteiger partial charge >= 0.3 is 0 Å². The first kappa shape index (κ1) is 8.56. The Morgan fingerprint density at radius 1 is 1.62 bits per heavy atom. The average molecular weight is 180 g/mol. The van der Waals surface area contributed by atoms with Crippen LogP contribution in [-0.2, 0) is 19.5 Å². The first-order valence-corrected chi connectivity index (χ1v) is 4.87. The maximum atomic E-state index is 5.97. The van der Waals surface area contributed by atoms with Gasteiger partial charge in [0.25, 0.3) is 0 Å².